The van der Waals surface area contributed by atoms with Gasteiger partial charge in [-0.2, -0.15) is 0 Å². The van der Waals surface area contributed by atoms with Crippen LogP contribution in [0.3, 0.4) is 0 Å². The molecule has 3 aromatic rings. The van der Waals surface area contributed by atoms with E-state index in [0.29, 0.717) is 0 Å². The monoisotopic (exact) mass is 406 g/mol. The van der Waals surface area contributed by atoms with Gasteiger partial charge in [-0.3, -0.25) is 9.36 Å². The van der Waals surface area contributed by atoms with Crippen molar-refractivity contribution in [3.8, 4) is 5.69 Å². The summed E-state index contributed by atoms with van der Waals surface area (Å²) in [6.45, 7) is -0.00694. The number of halogens is 3. The van der Waals surface area contributed by atoms with Gasteiger partial charge in [-0.1, -0.05) is 0 Å². The second-order valence-corrected chi connectivity index (χ2v) is 6.59. The largest absolute Gasteiger partial charge is 0.465 e. The van der Waals surface area contributed by atoms with Crippen LogP contribution in [-0.2, 0) is 0 Å². The maximum atomic E-state index is 13.8. The smallest absolute Gasteiger partial charge is 0.407 e. The fraction of sp³-hybridized carbons (Fsp3) is 0.222. The molecule has 1 aromatic carbocycles. The third-order valence-electron chi connectivity index (χ3n) is 4.85. The lowest BCUT2D eigenvalue weighted by Crippen LogP contribution is -2.43. The van der Waals surface area contributed by atoms with E-state index in [4.69, 9.17) is 5.11 Å². The second-order valence-electron chi connectivity index (χ2n) is 6.59. The molecule has 1 atom stereocenters. The zero-order valence-corrected chi connectivity index (χ0v) is 14.7. The van der Waals surface area contributed by atoms with E-state index in [9.17, 15) is 27.6 Å². The van der Waals surface area contributed by atoms with Crippen molar-refractivity contribution in [3.05, 3.63) is 68.8 Å². The summed E-state index contributed by atoms with van der Waals surface area (Å²) in [6, 6.07) is 2.78. The molecular weight excluding hydrogens is 393 g/mol. The maximum absolute atomic E-state index is 13.8. The number of fused-ring (bicyclic) bond motifs is 1. The van der Waals surface area contributed by atoms with Crippen molar-refractivity contribution in [3.63, 3.8) is 0 Å². The van der Waals surface area contributed by atoms with Crippen LogP contribution >= 0.6 is 0 Å². The van der Waals surface area contributed by atoms with E-state index in [1.54, 1.807) is 0 Å². The van der Waals surface area contributed by atoms with Gasteiger partial charge in [0, 0.05) is 19.2 Å². The Bertz CT molecular complexity index is 1270. The van der Waals surface area contributed by atoms with Crippen molar-refractivity contribution in [2.75, 3.05) is 13.1 Å². The van der Waals surface area contributed by atoms with Gasteiger partial charge in [-0.25, -0.2) is 32.3 Å². The van der Waals surface area contributed by atoms with E-state index in [1.165, 1.54) is 0 Å². The number of aromatic nitrogens is 3. The standard InChI is InChI=1S/C18H13F3N4O4/c19-9-5-12-15(22-7-9)24(10-1-2-13(20)14(21)6-10)17(27)25(16(12)26)11-3-4-23(8-11)18(28)29/h1-2,5-7,11H,3-4,8H2,(H,28,29)/t11-/m0/s1. The highest BCUT2D eigenvalue weighted by Gasteiger charge is 2.31. The summed E-state index contributed by atoms with van der Waals surface area (Å²) < 4.78 is 42.6. The molecule has 8 nitrogen and oxygen atoms in total. The van der Waals surface area contributed by atoms with Crippen LogP contribution in [0.5, 0.6) is 0 Å². The molecule has 1 fully saturated rings. The summed E-state index contributed by atoms with van der Waals surface area (Å²) >= 11 is 0. The number of nitrogens with zero attached hydrogens (tertiary/aromatic N) is 4. The lowest BCUT2D eigenvalue weighted by atomic mass is 10.2. The first-order valence-corrected chi connectivity index (χ1v) is 8.54. The molecule has 0 bridgehead atoms. The zero-order chi connectivity index (χ0) is 20.9. The molecule has 0 unspecified atom stereocenters. The minimum absolute atomic E-state index is 0.108. The highest BCUT2D eigenvalue weighted by atomic mass is 19.2. The lowest BCUT2D eigenvalue weighted by molar-refractivity contribution is 0.154. The molecule has 1 amide bonds. The summed E-state index contributed by atoms with van der Waals surface area (Å²) in [5.41, 5.74) is -2.09. The molecule has 0 radical (unpaired) electrons. The molecule has 29 heavy (non-hydrogen) atoms. The Hall–Kier alpha value is -3.63. The van der Waals surface area contributed by atoms with Crippen molar-refractivity contribution < 1.29 is 23.1 Å². The quantitative estimate of drug-likeness (QED) is 0.701. The third kappa shape index (κ3) is 3.04. The molecular formula is C18H13F3N4O4. The van der Waals surface area contributed by atoms with Crippen molar-refractivity contribution in [1.82, 2.24) is 19.0 Å². The number of likely N-dealkylation sites (tertiary alicyclic amines) is 1. The average molecular weight is 406 g/mol. The molecule has 1 aliphatic heterocycles. The van der Waals surface area contributed by atoms with Crippen LogP contribution in [0.4, 0.5) is 18.0 Å². The number of amides is 1. The Morgan fingerprint density at radius 3 is 2.55 bits per heavy atom. The second kappa shape index (κ2) is 6.76. The minimum atomic E-state index is -1.22. The van der Waals surface area contributed by atoms with Crippen LogP contribution in [0.2, 0.25) is 0 Å². The first kappa shape index (κ1) is 18.7. The number of rotatable bonds is 2. The third-order valence-corrected chi connectivity index (χ3v) is 4.85. The number of hydrogen-bond donors (Lipinski definition) is 1. The van der Waals surface area contributed by atoms with E-state index in [1.807, 2.05) is 0 Å². The van der Waals surface area contributed by atoms with Gasteiger partial charge in [-0.05, 0) is 24.6 Å². The first-order valence-electron chi connectivity index (χ1n) is 8.54. The Morgan fingerprint density at radius 1 is 1.14 bits per heavy atom. The highest BCUT2D eigenvalue weighted by Crippen LogP contribution is 2.21. The molecule has 0 saturated carbocycles. The van der Waals surface area contributed by atoms with E-state index in [2.05, 4.69) is 4.98 Å². The molecule has 3 heterocycles. The number of carboxylic acid groups (broad SMARTS) is 1. The van der Waals surface area contributed by atoms with Gasteiger partial charge >= 0.3 is 11.8 Å². The Kier molecular flexibility index (Phi) is 4.36. The van der Waals surface area contributed by atoms with Gasteiger partial charge in [0.25, 0.3) is 5.56 Å². The van der Waals surface area contributed by atoms with E-state index in [-0.39, 0.29) is 36.2 Å². The van der Waals surface area contributed by atoms with Gasteiger partial charge in [0.1, 0.15) is 5.82 Å². The van der Waals surface area contributed by atoms with Crippen LogP contribution in [-0.4, -0.2) is 43.3 Å². The number of carbonyl (C=O) groups is 1. The van der Waals surface area contributed by atoms with Crippen LogP contribution in [0.15, 0.2) is 40.1 Å². The number of hydrogen-bond acceptors (Lipinski definition) is 4. The lowest BCUT2D eigenvalue weighted by Gasteiger charge is -2.18. The zero-order valence-electron chi connectivity index (χ0n) is 14.7. The molecule has 0 spiro atoms. The van der Waals surface area contributed by atoms with Crippen molar-refractivity contribution in [2.24, 2.45) is 0 Å². The SMILES string of the molecule is O=C(O)N1CC[C@H](n2c(=O)c3cc(F)cnc3n(-c3ccc(F)c(F)c3)c2=O)C1. The highest BCUT2D eigenvalue weighted by molar-refractivity contribution is 5.75. The van der Waals surface area contributed by atoms with Gasteiger partial charge < -0.3 is 10.0 Å². The molecule has 1 aliphatic rings. The summed E-state index contributed by atoms with van der Waals surface area (Å²) in [5.74, 6) is -3.18. The van der Waals surface area contributed by atoms with Crippen LogP contribution in [0, 0.1) is 17.5 Å². The molecule has 0 aliphatic carbocycles. The fourth-order valence-electron chi connectivity index (χ4n) is 3.49. The Balaban J connectivity index is 2.02. The van der Waals surface area contributed by atoms with Crippen molar-refractivity contribution >= 4 is 17.1 Å². The van der Waals surface area contributed by atoms with Crippen molar-refractivity contribution in [2.45, 2.75) is 12.5 Å². The molecule has 1 N–H and O–H groups in total. The van der Waals surface area contributed by atoms with E-state index in [0.717, 1.165) is 44.5 Å². The minimum Gasteiger partial charge on any atom is -0.465 e. The first-order chi connectivity index (χ1) is 13.8. The normalized spacial score (nSPS) is 16.5. The molecule has 1 saturated heterocycles. The Morgan fingerprint density at radius 2 is 1.90 bits per heavy atom. The van der Waals surface area contributed by atoms with Crippen LogP contribution in [0.1, 0.15) is 12.5 Å². The maximum Gasteiger partial charge on any atom is 0.407 e. The number of pyridine rings is 1. The fourth-order valence-corrected chi connectivity index (χ4v) is 3.49. The van der Waals surface area contributed by atoms with Crippen LogP contribution < -0.4 is 11.2 Å². The summed E-state index contributed by atoms with van der Waals surface area (Å²) in [4.78, 5) is 42.1. The predicted molar refractivity (Wildman–Crippen MR) is 94.7 cm³/mol. The van der Waals surface area contributed by atoms with E-state index < -0.39 is 40.8 Å². The topological polar surface area (TPSA) is 97.4 Å². The molecule has 150 valence electrons. The van der Waals surface area contributed by atoms with Gasteiger partial charge in [-0.15, -0.1) is 0 Å². The average Bonchev–Trinajstić information content (AvgIpc) is 3.15. The summed E-state index contributed by atoms with van der Waals surface area (Å²) in [5, 5.41) is 8.89. The van der Waals surface area contributed by atoms with Crippen LogP contribution in [0.25, 0.3) is 16.7 Å². The summed E-state index contributed by atoms with van der Waals surface area (Å²) in [7, 11) is 0. The van der Waals surface area contributed by atoms with E-state index >= 15 is 0 Å². The molecule has 11 heteroatoms. The van der Waals surface area contributed by atoms with Crippen molar-refractivity contribution in [1.29, 1.82) is 0 Å². The Labute approximate surface area is 160 Å². The predicted octanol–water partition coefficient (Wildman–Crippen LogP) is 1.89. The summed E-state index contributed by atoms with van der Waals surface area (Å²) in [6.07, 6.45) is -0.216. The van der Waals surface area contributed by atoms with Gasteiger partial charge in [0.2, 0.25) is 0 Å². The van der Waals surface area contributed by atoms with Gasteiger partial charge in [0.15, 0.2) is 17.3 Å². The van der Waals surface area contributed by atoms with Gasteiger partial charge in [0.05, 0.1) is 23.3 Å². The molecule has 2 aromatic heterocycles. The molecule has 4 rings (SSSR count). The number of benzene rings is 1.